The first-order valence-corrected chi connectivity index (χ1v) is 12.3. The van der Waals surface area contributed by atoms with Crippen molar-refractivity contribution in [3.05, 3.63) is 46.8 Å². The highest BCUT2D eigenvalue weighted by atomic mass is 32.2. The molecule has 0 saturated carbocycles. The first-order chi connectivity index (χ1) is 14.1. The Morgan fingerprint density at radius 2 is 1.90 bits per heavy atom. The lowest BCUT2D eigenvalue weighted by atomic mass is 9.97. The van der Waals surface area contributed by atoms with E-state index in [0.29, 0.717) is 30.0 Å². The number of benzene rings is 1. The number of hydrogen-bond acceptors (Lipinski definition) is 7. The summed E-state index contributed by atoms with van der Waals surface area (Å²) in [7, 11) is -3.60. The van der Waals surface area contributed by atoms with E-state index in [-0.39, 0.29) is 12.2 Å². The number of nitrogens with one attached hydrogen (secondary N) is 1. The molecule has 1 aliphatic heterocycles. The normalized spacial score (nSPS) is 21.4. The molecule has 1 unspecified atom stereocenters. The quantitative estimate of drug-likeness (QED) is 0.721. The minimum atomic E-state index is -3.60. The van der Waals surface area contributed by atoms with E-state index in [0.717, 1.165) is 10.4 Å². The Kier molecular flexibility index (Phi) is 6.37. The molecule has 0 bridgehead atoms. The second-order valence-corrected chi connectivity index (χ2v) is 11.9. The van der Waals surface area contributed by atoms with Crippen molar-refractivity contribution in [2.45, 2.75) is 44.0 Å². The van der Waals surface area contributed by atoms with Crippen molar-refractivity contribution in [1.82, 2.24) is 5.32 Å². The van der Waals surface area contributed by atoms with Gasteiger partial charge in [-0.3, -0.25) is 4.79 Å². The fourth-order valence-corrected chi connectivity index (χ4v) is 7.15. The topological polar surface area (TPSA) is 96.3 Å². The van der Waals surface area contributed by atoms with Gasteiger partial charge in [0, 0.05) is 16.3 Å². The lowest BCUT2D eigenvalue weighted by molar-refractivity contribution is -0.155. The lowest BCUT2D eigenvalue weighted by Gasteiger charge is -2.31. The number of esters is 1. The van der Waals surface area contributed by atoms with Gasteiger partial charge in [-0.05, 0) is 63.6 Å². The third-order valence-corrected chi connectivity index (χ3v) is 9.02. The van der Waals surface area contributed by atoms with Crippen LogP contribution in [-0.2, 0) is 24.1 Å². The summed E-state index contributed by atoms with van der Waals surface area (Å²) in [5, 5.41) is 12.1. The highest BCUT2D eigenvalue weighted by Gasteiger charge is 2.49. The van der Waals surface area contributed by atoms with Crippen LogP contribution in [0.25, 0.3) is 10.4 Å². The van der Waals surface area contributed by atoms with E-state index in [9.17, 15) is 13.2 Å². The Bertz CT molecular complexity index is 1060. The number of sulfone groups is 1. The minimum Gasteiger partial charge on any atom is -0.460 e. The second-order valence-electron chi connectivity index (χ2n) is 8.43. The van der Waals surface area contributed by atoms with E-state index >= 15 is 0 Å². The van der Waals surface area contributed by atoms with E-state index in [1.807, 2.05) is 24.3 Å². The van der Waals surface area contributed by atoms with Crippen LogP contribution in [0.2, 0.25) is 0 Å². The number of thiophene rings is 1. The van der Waals surface area contributed by atoms with Crippen LogP contribution in [0, 0.1) is 11.3 Å². The monoisotopic (exact) mass is 446 g/mol. The standard InChI is InChI=1S/C22H26N2O4S2/c1-21(2,3)28-20(25)14-22(10-11-24-12-13-30(22,26)27)19-9-8-18(29-19)17-6-4-16(15-23)5-7-17/h4-9,24H,10-14H2,1-3H3. The molecule has 0 spiro atoms. The van der Waals surface area contributed by atoms with E-state index in [2.05, 4.69) is 11.4 Å². The van der Waals surface area contributed by atoms with Gasteiger partial charge in [0.1, 0.15) is 10.3 Å². The zero-order chi connectivity index (χ0) is 22.0. The number of hydrogen-bond donors (Lipinski definition) is 1. The molecule has 0 radical (unpaired) electrons. The van der Waals surface area contributed by atoms with Crippen LogP contribution < -0.4 is 5.32 Å². The molecule has 1 aliphatic rings. The molecule has 8 heteroatoms. The Labute approximate surface area is 181 Å². The van der Waals surface area contributed by atoms with Crippen molar-refractivity contribution in [2.24, 2.45) is 0 Å². The zero-order valence-corrected chi connectivity index (χ0v) is 19.0. The average molecular weight is 447 g/mol. The Morgan fingerprint density at radius 1 is 1.20 bits per heavy atom. The second kappa shape index (κ2) is 8.50. The van der Waals surface area contributed by atoms with Gasteiger partial charge < -0.3 is 10.1 Å². The van der Waals surface area contributed by atoms with Crippen molar-refractivity contribution in [1.29, 1.82) is 5.26 Å². The first-order valence-electron chi connectivity index (χ1n) is 9.82. The molecule has 1 N–H and O–H groups in total. The Morgan fingerprint density at radius 3 is 2.53 bits per heavy atom. The SMILES string of the molecule is CC(C)(C)OC(=O)CC1(c2ccc(-c3ccc(C#N)cc3)s2)CCNCCS1(=O)=O. The van der Waals surface area contributed by atoms with Gasteiger partial charge in [0.2, 0.25) is 0 Å². The van der Waals surface area contributed by atoms with Gasteiger partial charge in [0.25, 0.3) is 0 Å². The third-order valence-electron chi connectivity index (χ3n) is 5.05. The van der Waals surface area contributed by atoms with E-state index in [1.165, 1.54) is 11.3 Å². The maximum atomic E-state index is 13.4. The summed E-state index contributed by atoms with van der Waals surface area (Å²) in [5.41, 5.74) is 0.782. The third kappa shape index (κ3) is 4.75. The van der Waals surface area contributed by atoms with Crippen LogP contribution >= 0.6 is 11.3 Å². The van der Waals surface area contributed by atoms with Crippen molar-refractivity contribution in [2.75, 3.05) is 18.8 Å². The van der Waals surface area contributed by atoms with Crippen LogP contribution in [-0.4, -0.2) is 38.8 Å². The summed E-state index contributed by atoms with van der Waals surface area (Å²) in [6.45, 7) is 6.19. The van der Waals surface area contributed by atoms with Gasteiger partial charge >= 0.3 is 5.97 Å². The van der Waals surface area contributed by atoms with Gasteiger partial charge in [-0.25, -0.2) is 8.42 Å². The summed E-state index contributed by atoms with van der Waals surface area (Å²) < 4.78 is 30.9. The summed E-state index contributed by atoms with van der Waals surface area (Å²) in [5.74, 6) is -0.541. The molecule has 0 amide bonds. The molecule has 6 nitrogen and oxygen atoms in total. The molecular weight excluding hydrogens is 420 g/mol. The largest absolute Gasteiger partial charge is 0.460 e. The molecule has 30 heavy (non-hydrogen) atoms. The number of rotatable bonds is 4. The first kappa shape index (κ1) is 22.5. The molecule has 3 rings (SSSR count). The fourth-order valence-electron chi connectivity index (χ4n) is 3.59. The smallest absolute Gasteiger partial charge is 0.308 e. The molecule has 1 atom stereocenters. The molecule has 1 fully saturated rings. The number of ether oxygens (including phenoxy) is 1. The average Bonchev–Trinajstić information content (AvgIpc) is 3.10. The maximum absolute atomic E-state index is 13.4. The lowest BCUT2D eigenvalue weighted by Crippen LogP contribution is -2.40. The number of carbonyl (C=O) groups excluding carboxylic acids is 1. The van der Waals surface area contributed by atoms with Crippen LogP contribution in [0.5, 0.6) is 0 Å². The van der Waals surface area contributed by atoms with Crippen LogP contribution in [0.3, 0.4) is 0 Å². The predicted octanol–water partition coefficient (Wildman–Crippen LogP) is 3.62. The number of carbonyl (C=O) groups is 1. The van der Waals surface area contributed by atoms with Crippen LogP contribution in [0.4, 0.5) is 0 Å². The summed E-state index contributed by atoms with van der Waals surface area (Å²) in [4.78, 5) is 14.3. The summed E-state index contributed by atoms with van der Waals surface area (Å²) in [6, 6.07) is 12.9. The van der Waals surface area contributed by atoms with Gasteiger partial charge in [0.05, 0.1) is 23.8 Å². The molecule has 160 valence electrons. The molecule has 1 aromatic heterocycles. The number of nitriles is 1. The van der Waals surface area contributed by atoms with Gasteiger partial charge in [-0.1, -0.05) is 12.1 Å². The molecule has 1 saturated heterocycles. The van der Waals surface area contributed by atoms with E-state index < -0.39 is 26.2 Å². The summed E-state index contributed by atoms with van der Waals surface area (Å²) >= 11 is 1.38. The van der Waals surface area contributed by atoms with Crippen LogP contribution in [0.15, 0.2) is 36.4 Å². The Balaban J connectivity index is 2.03. The van der Waals surface area contributed by atoms with Crippen LogP contribution in [0.1, 0.15) is 44.1 Å². The molecule has 1 aromatic carbocycles. The van der Waals surface area contributed by atoms with E-state index in [1.54, 1.807) is 32.9 Å². The van der Waals surface area contributed by atoms with Crippen molar-refractivity contribution < 1.29 is 17.9 Å². The number of nitrogens with zero attached hydrogens (tertiary/aromatic N) is 1. The molecular formula is C22H26N2O4S2. The van der Waals surface area contributed by atoms with Gasteiger partial charge in [-0.2, -0.15) is 5.26 Å². The Hall–Kier alpha value is -2.21. The van der Waals surface area contributed by atoms with E-state index in [4.69, 9.17) is 10.00 Å². The summed E-state index contributed by atoms with van der Waals surface area (Å²) in [6.07, 6.45) is 0.101. The van der Waals surface area contributed by atoms with Crippen molar-refractivity contribution in [3.63, 3.8) is 0 Å². The highest BCUT2D eigenvalue weighted by Crippen LogP contribution is 2.45. The van der Waals surface area contributed by atoms with Crippen molar-refractivity contribution in [3.8, 4) is 16.5 Å². The highest BCUT2D eigenvalue weighted by molar-refractivity contribution is 7.92. The molecule has 2 heterocycles. The zero-order valence-electron chi connectivity index (χ0n) is 17.4. The molecule has 2 aromatic rings. The van der Waals surface area contributed by atoms with Gasteiger partial charge in [0.15, 0.2) is 9.84 Å². The maximum Gasteiger partial charge on any atom is 0.308 e. The predicted molar refractivity (Wildman–Crippen MR) is 118 cm³/mol. The molecule has 0 aliphatic carbocycles. The minimum absolute atomic E-state index is 0.0279. The fraction of sp³-hybridized carbons (Fsp3) is 0.455. The van der Waals surface area contributed by atoms with Gasteiger partial charge in [-0.15, -0.1) is 11.3 Å². The van der Waals surface area contributed by atoms with Crippen molar-refractivity contribution >= 4 is 27.1 Å².